The second-order valence-electron chi connectivity index (χ2n) is 5.64. The van der Waals surface area contributed by atoms with Crippen molar-refractivity contribution in [1.82, 2.24) is 20.3 Å². The summed E-state index contributed by atoms with van der Waals surface area (Å²) >= 11 is 0. The summed E-state index contributed by atoms with van der Waals surface area (Å²) in [4.78, 5) is 24.1. The Morgan fingerprint density at radius 3 is 2.87 bits per heavy atom. The van der Waals surface area contributed by atoms with Gasteiger partial charge in [-0.25, -0.2) is 13.1 Å². The number of carbonyl (C=O) groups excluding carboxylic acids is 1. The summed E-state index contributed by atoms with van der Waals surface area (Å²) in [6.07, 6.45) is 0.554. The first-order valence-electron chi connectivity index (χ1n) is 7.24. The molecule has 1 unspecified atom stereocenters. The number of hydrogen-bond donors (Lipinski definition) is 1. The van der Waals surface area contributed by atoms with E-state index in [1.54, 1.807) is 24.3 Å². The number of hydrogen-bond acceptors (Lipinski definition) is 6. The molecule has 2 heterocycles. The fourth-order valence-corrected chi connectivity index (χ4v) is 4.47. The molecule has 9 heteroatoms. The number of rotatable bonds is 4. The second-order valence-corrected chi connectivity index (χ2v) is 7.87. The molecule has 1 amide bonds. The van der Waals surface area contributed by atoms with Gasteiger partial charge in [0.15, 0.2) is 9.84 Å². The van der Waals surface area contributed by atoms with Crippen LogP contribution in [0.2, 0.25) is 0 Å². The predicted octanol–water partition coefficient (Wildman–Crippen LogP) is -0.658. The van der Waals surface area contributed by atoms with Crippen LogP contribution in [0, 0.1) is 5.92 Å². The Kier molecular flexibility index (Phi) is 4.12. The molecule has 2 aromatic rings. The van der Waals surface area contributed by atoms with Gasteiger partial charge >= 0.3 is 0 Å². The van der Waals surface area contributed by atoms with Crippen molar-refractivity contribution in [2.45, 2.75) is 13.0 Å². The Hall–Kier alpha value is -2.29. The molecule has 1 aliphatic rings. The molecule has 1 saturated heterocycles. The first-order chi connectivity index (χ1) is 10.9. The smallest absolute Gasteiger partial charge is 0.278 e. The van der Waals surface area contributed by atoms with Gasteiger partial charge in [-0.1, -0.05) is 17.3 Å². The number of aromatic nitrogens is 3. The molecule has 0 spiro atoms. The average molecular weight is 336 g/mol. The number of sulfone groups is 1. The van der Waals surface area contributed by atoms with Crippen LogP contribution in [0.5, 0.6) is 0 Å². The molecule has 0 bridgehead atoms. The van der Waals surface area contributed by atoms with Gasteiger partial charge in [0.05, 0.1) is 16.9 Å². The van der Waals surface area contributed by atoms with Crippen LogP contribution in [-0.2, 0) is 21.2 Å². The number of fused-ring (bicyclic) bond motifs is 1. The maximum absolute atomic E-state index is 12.2. The molecule has 23 heavy (non-hydrogen) atoms. The van der Waals surface area contributed by atoms with Gasteiger partial charge in [0.25, 0.3) is 5.56 Å². The molecule has 0 saturated carbocycles. The van der Waals surface area contributed by atoms with E-state index in [0.29, 0.717) is 17.3 Å². The van der Waals surface area contributed by atoms with Crippen molar-refractivity contribution < 1.29 is 13.2 Å². The van der Waals surface area contributed by atoms with Gasteiger partial charge < -0.3 is 5.32 Å². The van der Waals surface area contributed by atoms with Crippen LogP contribution < -0.4 is 10.9 Å². The third-order valence-electron chi connectivity index (χ3n) is 3.84. The Bertz CT molecular complexity index is 906. The Morgan fingerprint density at radius 2 is 2.13 bits per heavy atom. The van der Waals surface area contributed by atoms with Crippen molar-refractivity contribution in [3.63, 3.8) is 0 Å². The standard InChI is InChI=1S/C14H16N4O4S/c19-13(15-7-10-5-6-23(21,22)9-10)8-18-14(20)11-3-1-2-4-12(11)16-17-18/h1-4,10H,5-9H2,(H,15,19). The van der Waals surface area contributed by atoms with Crippen LogP contribution in [0.3, 0.4) is 0 Å². The van der Waals surface area contributed by atoms with Crippen molar-refractivity contribution in [3.8, 4) is 0 Å². The zero-order chi connectivity index (χ0) is 16.4. The van der Waals surface area contributed by atoms with Gasteiger partial charge in [-0.05, 0) is 24.5 Å². The molecule has 0 aliphatic carbocycles. The van der Waals surface area contributed by atoms with Gasteiger partial charge in [-0.2, -0.15) is 0 Å². The van der Waals surface area contributed by atoms with E-state index in [4.69, 9.17) is 0 Å². The zero-order valence-electron chi connectivity index (χ0n) is 12.3. The zero-order valence-corrected chi connectivity index (χ0v) is 13.1. The number of nitrogens with one attached hydrogen (secondary N) is 1. The fraction of sp³-hybridized carbons (Fsp3) is 0.429. The van der Waals surface area contributed by atoms with Crippen molar-refractivity contribution in [2.24, 2.45) is 5.92 Å². The summed E-state index contributed by atoms with van der Waals surface area (Å²) in [5, 5.41) is 10.7. The van der Waals surface area contributed by atoms with E-state index in [1.165, 1.54) is 0 Å². The molecular weight excluding hydrogens is 320 g/mol. The van der Waals surface area contributed by atoms with E-state index in [0.717, 1.165) is 4.68 Å². The molecule has 1 N–H and O–H groups in total. The molecule has 1 aromatic carbocycles. The van der Waals surface area contributed by atoms with Crippen LogP contribution >= 0.6 is 0 Å². The Balaban J connectivity index is 1.64. The third kappa shape index (κ3) is 3.55. The Morgan fingerprint density at radius 1 is 1.35 bits per heavy atom. The molecule has 3 rings (SSSR count). The average Bonchev–Trinajstić information content (AvgIpc) is 2.88. The minimum absolute atomic E-state index is 0.0663. The third-order valence-corrected chi connectivity index (χ3v) is 5.67. The van der Waals surface area contributed by atoms with Crippen LogP contribution in [0.25, 0.3) is 10.9 Å². The van der Waals surface area contributed by atoms with E-state index in [1.807, 2.05) is 0 Å². The minimum Gasteiger partial charge on any atom is -0.354 e. The fourth-order valence-electron chi connectivity index (χ4n) is 2.61. The lowest BCUT2D eigenvalue weighted by molar-refractivity contribution is -0.122. The number of nitrogens with zero attached hydrogens (tertiary/aromatic N) is 3. The molecule has 1 atom stereocenters. The molecule has 1 fully saturated rings. The lowest BCUT2D eigenvalue weighted by Crippen LogP contribution is -2.36. The van der Waals surface area contributed by atoms with E-state index < -0.39 is 9.84 Å². The van der Waals surface area contributed by atoms with E-state index in [-0.39, 0.29) is 42.0 Å². The summed E-state index contributed by atoms with van der Waals surface area (Å²) in [5.74, 6) is -0.184. The van der Waals surface area contributed by atoms with E-state index in [9.17, 15) is 18.0 Å². The largest absolute Gasteiger partial charge is 0.354 e. The highest BCUT2D eigenvalue weighted by Crippen LogP contribution is 2.17. The first-order valence-corrected chi connectivity index (χ1v) is 9.06. The molecule has 1 aromatic heterocycles. The topological polar surface area (TPSA) is 111 Å². The first kappa shape index (κ1) is 15.6. The van der Waals surface area contributed by atoms with Gasteiger partial charge in [-0.15, -0.1) is 5.10 Å². The lowest BCUT2D eigenvalue weighted by atomic mass is 10.1. The van der Waals surface area contributed by atoms with Gasteiger partial charge in [-0.3, -0.25) is 9.59 Å². The predicted molar refractivity (Wildman–Crippen MR) is 83.6 cm³/mol. The van der Waals surface area contributed by atoms with Gasteiger partial charge in [0.1, 0.15) is 12.1 Å². The second kappa shape index (κ2) is 6.07. The molecule has 0 radical (unpaired) electrons. The monoisotopic (exact) mass is 336 g/mol. The maximum atomic E-state index is 12.2. The lowest BCUT2D eigenvalue weighted by Gasteiger charge is -2.10. The number of amides is 1. The molecule has 8 nitrogen and oxygen atoms in total. The maximum Gasteiger partial charge on any atom is 0.278 e. The van der Waals surface area contributed by atoms with Crippen LogP contribution in [0.1, 0.15) is 6.42 Å². The van der Waals surface area contributed by atoms with Crippen LogP contribution in [0.15, 0.2) is 29.1 Å². The van der Waals surface area contributed by atoms with Crippen molar-refractivity contribution in [3.05, 3.63) is 34.6 Å². The van der Waals surface area contributed by atoms with Crippen molar-refractivity contribution >= 4 is 26.6 Å². The highest BCUT2D eigenvalue weighted by Gasteiger charge is 2.27. The van der Waals surface area contributed by atoms with Crippen LogP contribution in [0.4, 0.5) is 0 Å². The summed E-state index contributed by atoms with van der Waals surface area (Å²) < 4.78 is 23.7. The quantitative estimate of drug-likeness (QED) is 0.794. The summed E-state index contributed by atoms with van der Waals surface area (Å²) in [6.45, 7) is 0.0456. The minimum atomic E-state index is -2.96. The number of benzene rings is 1. The summed E-state index contributed by atoms with van der Waals surface area (Å²) in [6, 6.07) is 6.78. The number of carbonyl (C=O) groups is 1. The van der Waals surface area contributed by atoms with Gasteiger partial charge in [0, 0.05) is 6.54 Å². The summed E-state index contributed by atoms with van der Waals surface area (Å²) in [7, 11) is -2.96. The van der Waals surface area contributed by atoms with E-state index in [2.05, 4.69) is 15.6 Å². The Labute approximate surface area is 132 Å². The summed E-state index contributed by atoms with van der Waals surface area (Å²) in [5.41, 5.74) is 0.0968. The van der Waals surface area contributed by atoms with Crippen molar-refractivity contribution in [1.29, 1.82) is 0 Å². The van der Waals surface area contributed by atoms with E-state index >= 15 is 0 Å². The highest BCUT2D eigenvalue weighted by molar-refractivity contribution is 7.91. The van der Waals surface area contributed by atoms with Gasteiger partial charge in [0.2, 0.25) is 5.91 Å². The molecular formula is C14H16N4O4S. The molecule has 122 valence electrons. The SMILES string of the molecule is O=C(Cn1nnc2ccccc2c1=O)NCC1CCS(=O)(=O)C1. The van der Waals surface area contributed by atoms with Crippen LogP contribution in [-0.4, -0.2) is 47.4 Å². The normalized spacial score (nSPS) is 19.7. The molecule has 1 aliphatic heterocycles. The highest BCUT2D eigenvalue weighted by atomic mass is 32.2. The van der Waals surface area contributed by atoms with Crippen molar-refractivity contribution in [2.75, 3.05) is 18.1 Å².